The van der Waals surface area contributed by atoms with Crippen LogP contribution in [-0.4, -0.2) is 18.3 Å². The minimum atomic E-state index is 1.15. The van der Waals surface area contributed by atoms with E-state index in [4.69, 9.17) is 0 Å². The van der Waals surface area contributed by atoms with Crippen molar-refractivity contribution in [3.63, 3.8) is 0 Å². The Morgan fingerprint density at radius 3 is 0.924 bits per heavy atom. The summed E-state index contributed by atoms with van der Waals surface area (Å²) in [5, 5.41) is 10.0. The fourth-order valence-corrected chi connectivity index (χ4v) is 11.3. The molecule has 0 atom stereocenters. The van der Waals surface area contributed by atoms with Crippen LogP contribution in [0.3, 0.4) is 0 Å². The second kappa shape index (κ2) is 13.9. The molecular formula is C62H42N4. The highest BCUT2D eigenvalue weighted by Crippen LogP contribution is 2.41. The van der Waals surface area contributed by atoms with Gasteiger partial charge in [-0.1, -0.05) is 127 Å². The minimum Gasteiger partial charge on any atom is -0.309 e. The van der Waals surface area contributed by atoms with Crippen LogP contribution < -0.4 is 0 Å². The molecule has 4 aromatic heterocycles. The van der Waals surface area contributed by atoms with Crippen LogP contribution in [0.1, 0.15) is 11.1 Å². The summed E-state index contributed by atoms with van der Waals surface area (Å²) in [4.78, 5) is 0. The normalized spacial score (nSPS) is 12.1. The van der Waals surface area contributed by atoms with E-state index >= 15 is 0 Å². The summed E-state index contributed by atoms with van der Waals surface area (Å²) in [6.45, 7) is 4.49. The third-order valence-corrected chi connectivity index (χ3v) is 14.2. The molecule has 0 fully saturated rings. The lowest BCUT2D eigenvalue weighted by molar-refractivity contribution is 1.09. The van der Waals surface area contributed by atoms with Gasteiger partial charge in [-0.2, -0.15) is 0 Å². The summed E-state index contributed by atoms with van der Waals surface area (Å²) in [5.41, 5.74) is 19.2. The molecule has 0 bridgehead atoms. The first kappa shape index (κ1) is 36.8. The van der Waals surface area contributed by atoms with Gasteiger partial charge in [-0.3, -0.25) is 0 Å². The molecule has 4 nitrogen and oxygen atoms in total. The molecule has 4 heterocycles. The van der Waals surface area contributed by atoms with E-state index in [1.165, 1.54) is 121 Å². The van der Waals surface area contributed by atoms with E-state index in [2.05, 4.69) is 251 Å². The zero-order valence-electron chi connectivity index (χ0n) is 36.6. The molecule has 14 aromatic rings. The summed E-state index contributed by atoms with van der Waals surface area (Å²) in [7, 11) is 0. The molecule has 10 aromatic carbocycles. The first-order valence-corrected chi connectivity index (χ1v) is 22.8. The molecule has 310 valence electrons. The van der Waals surface area contributed by atoms with Crippen LogP contribution >= 0.6 is 0 Å². The van der Waals surface area contributed by atoms with Gasteiger partial charge in [-0.05, 0) is 127 Å². The zero-order chi connectivity index (χ0) is 43.6. The number of hydrogen-bond acceptors (Lipinski definition) is 0. The highest BCUT2D eigenvalue weighted by atomic mass is 15.0. The van der Waals surface area contributed by atoms with E-state index in [0.717, 1.165) is 11.4 Å². The highest BCUT2D eigenvalue weighted by Gasteiger charge is 2.21. The Balaban J connectivity index is 0.919. The molecule has 0 spiro atoms. The van der Waals surface area contributed by atoms with E-state index in [1.54, 1.807) is 0 Å². The Hall–Kier alpha value is -8.60. The third-order valence-electron chi connectivity index (χ3n) is 14.2. The van der Waals surface area contributed by atoms with E-state index in [9.17, 15) is 0 Å². The molecule has 0 aliphatic rings. The molecule has 0 amide bonds. The number of rotatable bonds is 5. The average Bonchev–Trinajstić information content (AvgIpc) is 4.09. The van der Waals surface area contributed by atoms with E-state index < -0.39 is 0 Å². The molecule has 0 aliphatic carbocycles. The summed E-state index contributed by atoms with van der Waals surface area (Å²) >= 11 is 0. The van der Waals surface area contributed by atoms with Crippen molar-refractivity contribution in [1.29, 1.82) is 0 Å². The quantitative estimate of drug-likeness (QED) is 0.164. The van der Waals surface area contributed by atoms with Crippen LogP contribution in [0.2, 0.25) is 0 Å². The van der Waals surface area contributed by atoms with Gasteiger partial charge in [0.05, 0.1) is 55.5 Å². The van der Waals surface area contributed by atoms with Crippen LogP contribution in [0.25, 0.3) is 121 Å². The molecule has 66 heavy (non-hydrogen) atoms. The van der Waals surface area contributed by atoms with Gasteiger partial charge in [-0.15, -0.1) is 0 Å². The standard InChI is InChI=1S/C62H42N4/c1-39-34-43(63-55-22-9-3-16-45(55)46-17-4-10-23-56(46)63)38-44(35-39)64-57-24-11-7-20-49(57)51-36-41(30-32-61(51)64)42-31-33-62-52(37-42)50-21-8-14-27-60(50)66(62)54-29-15-28-53(40(54)2)65-58-25-12-5-18-47(58)48-19-6-13-26-59(48)65/h3-38H,1-2H3. The minimum absolute atomic E-state index is 1.15. The molecule has 0 aliphatic heterocycles. The van der Waals surface area contributed by atoms with Crippen molar-refractivity contribution in [2.45, 2.75) is 13.8 Å². The maximum atomic E-state index is 2.47. The third kappa shape index (κ3) is 5.21. The Labute approximate surface area is 381 Å². The Morgan fingerprint density at radius 2 is 0.545 bits per heavy atom. The fraction of sp³-hybridized carbons (Fsp3) is 0.0323. The maximum Gasteiger partial charge on any atom is 0.0541 e. The van der Waals surface area contributed by atoms with Gasteiger partial charge in [-0.25, -0.2) is 0 Å². The van der Waals surface area contributed by atoms with Crippen LogP contribution in [0, 0.1) is 13.8 Å². The molecule has 0 unspecified atom stereocenters. The van der Waals surface area contributed by atoms with Crippen molar-refractivity contribution in [2.75, 3.05) is 0 Å². The van der Waals surface area contributed by atoms with Crippen LogP contribution in [-0.2, 0) is 0 Å². The average molecular weight is 843 g/mol. The molecule has 0 N–H and O–H groups in total. The summed E-state index contributed by atoms with van der Waals surface area (Å²) < 4.78 is 9.77. The molecule has 4 heteroatoms. The second-order valence-corrected chi connectivity index (χ2v) is 17.9. The van der Waals surface area contributed by atoms with Gasteiger partial charge in [0, 0.05) is 54.5 Å². The van der Waals surface area contributed by atoms with Gasteiger partial charge in [0.1, 0.15) is 0 Å². The smallest absolute Gasteiger partial charge is 0.0541 e. The Bertz CT molecular complexity index is 4210. The predicted molar refractivity (Wildman–Crippen MR) is 279 cm³/mol. The Kier molecular flexibility index (Phi) is 7.79. The van der Waals surface area contributed by atoms with E-state index in [0.29, 0.717) is 0 Å². The monoisotopic (exact) mass is 842 g/mol. The number of para-hydroxylation sites is 6. The van der Waals surface area contributed by atoms with Crippen molar-refractivity contribution in [1.82, 2.24) is 18.3 Å². The number of aryl methyl sites for hydroxylation is 1. The lowest BCUT2D eigenvalue weighted by Gasteiger charge is -2.17. The number of nitrogens with zero attached hydrogens (tertiary/aromatic N) is 4. The summed E-state index contributed by atoms with van der Waals surface area (Å²) in [5.74, 6) is 0. The van der Waals surface area contributed by atoms with Crippen molar-refractivity contribution in [3.05, 3.63) is 230 Å². The predicted octanol–water partition coefficient (Wildman–Crippen LogP) is 16.4. The number of hydrogen-bond donors (Lipinski definition) is 0. The van der Waals surface area contributed by atoms with Gasteiger partial charge in [0.25, 0.3) is 0 Å². The Morgan fingerprint density at radius 1 is 0.242 bits per heavy atom. The van der Waals surface area contributed by atoms with Gasteiger partial charge in [0.15, 0.2) is 0 Å². The number of aromatic nitrogens is 4. The molecule has 14 rings (SSSR count). The number of fused-ring (bicyclic) bond motifs is 12. The lowest BCUT2D eigenvalue weighted by Crippen LogP contribution is -2.03. The molecular weight excluding hydrogens is 801 g/mol. The topological polar surface area (TPSA) is 19.7 Å². The van der Waals surface area contributed by atoms with Crippen molar-refractivity contribution in [2.24, 2.45) is 0 Å². The maximum absolute atomic E-state index is 2.47. The lowest BCUT2D eigenvalue weighted by atomic mass is 10.0. The summed E-state index contributed by atoms with van der Waals surface area (Å²) in [6, 6.07) is 80.6. The van der Waals surface area contributed by atoms with Crippen LogP contribution in [0.5, 0.6) is 0 Å². The van der Waals surface area contributed by atoms with E-state index in [-0.39, 0.29) is 0 Å². The van der Waals surface area contributed by atoms with Gasteiger partial charge in [0.2, 0.25) is 0 Å². The number of benzene rings is 10. The van der Waals surface area contributed by atoms with E-state index in [1.807, 2.05) is 0 Å². The summed E-state index contributed by atoms with van der Waals surface area (Å²) in [6.07, 6.45) is 0. The van der Waals surface area contributed by atoms with Crippen LogP contribution in [0.4, 0.5) is 0 Å². The van der Waals surface area contributed by atoms with Gasteiger partial charge < -0.3 is 18.3 Å². The zero-order valence-corrected chi connectivity index (χ0v) is 36.6. The van der Waals surface area contributed by atoms with Crippen LogP contribution in [0.15, 0.2) is 218 Å². The second-order valence-electron chi connectivity index (χ2n) is 17.9. The fourth-order valence-electron chi connectivity index (χ4n) is 11.3. The SMILES string of the molecule is Cc1cc(-n2c3ccccc3c3ccccc32)cc(-n2c3ccccc3c3cc(-c4ccc5c(c4)c4ccccc4n5-c4cccc(-n5c6ccccc6c6ccccc65)c4C)ccc32)c1. The van der Waals surface area contributed by atoms with Crippen molar-refractivity contribution < 1.29 is 0 Å². The highest BCUT2D eigenvalue weighted by molar-refractivity contribution is 6.14. The van der Waals surface area contributed by atoms with Crippen molar-refractivity contribution >= 4 is 87.2 Å². The van der Waals surface area contributed by atoms with Crippen molar-refractivity contribution in [3.8, 4) is 33.9 Å². The largest absolute Gasteiger partial charge is 0.309 e. The first-order valence-electron chi connectivity index (χ1n) is 22.8. The first-order chi connectivity index (χ1) is 32.6. The molecule has 0 radical (unpaired) electrons. The van der Waals surface area contributed by atoms with Gasteiger partial charge >= 0.3 is 0 Å². The molecule has 0 saturated heterocycles. The molecule has 0 saturated carbocycles.